The number of aromatic nitrogens is 1. The maximum atomic E-state index is 12.3. The molecule has 0 aliphatic carbocycles. The minimum Gasteiger partial charge on any atom is -0.307 e. The van der Waals surface area contributed by atoms with Gasteiger partial charge >= 0.3 is 0 Å². The first kappa shape index (κ1) is 15.5. The van der Waals surface area contributed by atoms with Gasteiger partial charge < -0.3 is 5.32 Å². The number of rotatable bonds is 3. The van der Waals surface area contributed by atoms with Gasteiger partial charge in [-0.3, -0.25) is 9.10 Å². The molecule has 1 N–H and O–H groups in total. The van der Waals surface area contributed by atoms with E-state index >= 15 is 0 Å². The highest BCUT2D eigenvalue weighted by atomic mass is 32.2. The normalized spacial score (nSPS) is 16.3. The predicted octanol–water partition coefficient (Wildman–Crippen LogP) is 2.18. The molecule has 0 spiro atoms. The number of hydrogen-bond donors (Lipinski definition) is 1. The molecule has 2 heterocycles. The van der Waals surface area contributed by atoms with Crippen molar-refractivity contribution >= 4 is 27.4 Å². The highest BCUT2D eigenvalue weighted by Crippen LogP contribution is 2.25. The van der Waals surface area contributed by atoms with Crippen LogP contribution < -0.4 is 9.62 Å². The quantitative estimate of drug-likeness (QED) is 0.935. The minimum atomic E-state index is -3.26. The topological polar surface area (TPSA) is 79.4 Å². The molecule has 23 heavy (non-hydrogen) atoms. The molecule has 1 saturated heterocycles. The van der Waals surface area contributed by atoms with Crippen LogP contribution in [0.15, 0.2) is 42.6 Å². The van der Waals surface area contributed by atoms with E-state index in [1.54, 1.807) is 36.5 Å². The van der Waals surface area contributed by atoms with E-state index < -0.39 is 10.0 Å². The zero-order chi connectivity index (χ0) is 16.4. The van der Waals surface area contributed by atoms with Crippen LogP contribution in [0.5, 0.6) is 0 Å². The third-order valence-electron chi connectivity index (χ3n) is 3.65. The zero-order valence-corrected chi connectivity index (χ0v) is 13.5. The molecule has 3 rings (SSSR count). The number of carbonyl (C=O) groups excluding carboxylic acids is 1. The van der Waals surface area contributed by atoms with E-state index in [0.29, 0.717) is 30.0 Å². The van der Waals surface area contributed by atoms with Crippen molar-refractivity contribution in [2.45, 2.75) is 13.3 Å². The van der Waals surface area contributed by atoms with Gasteiger partial charge in [-0.1, -0.05) is 12.1 Å². The Hall–Kier alpha value is -2.41. The van der Waals surface area contributed by atoms with Crippen LogP contribution in [0, 0.1) is 6.92 Å². The van der Waals surface area contributed by atoms with Gasteiger partial charge in [0.15, 0.2) is 0 Å². The second-order valence-electron chi connectivity index (χ2n) is 5.47. The number of aryl methyl sites for hydroxylation is 1. The Morgan fingerprint density at radius 1 is 1.26 bits per heavy atom. The fraction of sp³-hybridized carbons (Fsp3) is 0.250. The molecular weight excluding hydrogens is 314 g/mol. The first-order chi connectivity index (χ1) is 11.0. The number of hydrogen-bond acceptors (Lipinski definition) is 4. The van der Waals surface area contributed by atoms with Crippen LogP contribution in [0.2, 0.25) is 0 Å². The molecule has 6 nitrogen and oxygen atoms in total. The molecule has 1 fully saturated rings. The number of sulfonamides is 1. The van der Waals surface area contributed by atoms with Gasteiger partial charge in [0.1, 0.15) is 5.82 Å². The van der Waals surface area contributed by atoms with Gasteiger partial charge in [0.2, 0.25) is 10.0 Å². The van der Waals surface area contributed by atoms with Gasteiger partial charge in [-0.2, -0.15) is 0 Å². The van der Waals surface area contributed by atoms with Crippen LogP contribution in [0.25, 0.3) is 0 Å². The summed E-state index contributed by atoms with van der Waals surface area (Å²) in [5.74, 6) is 0.288. The first-order valence-corrected chi connectivity index (χ1v) is 8.91. The second kappa shape index (κ2) is 6.00. The average molecular weight is 331 g/mol. The summed E-state index contributed by atoms with van der Waals surface area (Å²) < 4.78 is 25.3. The standard InChI is InChI=1S/C16H17N3O3S/c1-12-6-7-15(17-11-12)18-16(20)13-4-2-5-14(10-13)19-8-3-9-23(19,21)22/h2,4-7,10-11H,3,8-9H2,1H3,(H,17,18,20). The highest BCUT2D eigenvalue weighted by Gasteiger charge is 2.28. The number of benzene rings is 1. The van der Waals surface area contributed by atoms with E-state index in [-0.39, 0.29) is 11.7 Å². The lowest BCUT2D eigenvalue weighted by Gasteiger charge is -2.17. The fourth-order valence-corrected chi connectivity index (χ4v) is 4.02. The van der Waals surface area contributed by atoms with Crippen LogP contribution in [-0.4, -0.2) is 31.6 Å². The maximum Gasteiger partial charge on any atom is 0.256 e. The average Bonchev–Trinajstić information content (AvgIpc) is 2.89. The van der Waals surface area contributed by atoms with E-state index in [1.165, 1.54) is 4.31 Å². The molecule has 0 saturated carbocycles. The van der Waals surface area contributed by atoms with Crippen molar-refractivity contribution in [2.24, 2.45) is 0 Å². The van der Waals surface area contributed by atoms with Crippen molar-refractivity contribution in [3.05, 3.63) is 53.7 Å². The van der Waals surface area contributed by atoms with E-state index in [4.69, 9.17) is 0 Å². The molecule has 0 unspecified atom stereocenters. The second-order valence-corrected chi connectivity index (χ2v) is 7.48. The summed E-state index contributed by atoms with van der Waals surface area (Å²) in [6.45, 7) is 2.37. The molecule has 120 valence electrons. The Bertz CT molecular complexity index is 832. The molecule has 2 aromatic rings. The number of anilines is 2. The van der Waals surface area contributed by atoms with Crippen molar-refractivity contribution < 1.29 is 13.2 Å². The highest BCUT2D eigenvalue weighted by molar-refractivity contribution is 7.93. The lowest BCUT2D eigenvalue weighted by atomic mass is 10.2. The molecule has 7 heteroatoms. The summed E-state index contributed by atoms with van der Waals surface area (Å²) >= 11 is 0. The number of nitrogens with one attached hydrogen (secondary N) is 1. The summed E-state index contributed by atoms with van der Waals surface area (Å²) in [5, 5.41) is 2.71. The number of carbonyl (C=O) groups is 1. The Kier molecular flexibility index (Phi) is 4.04. The van der Waals surface area contributed by atoms with Crippen molar-refractivity contribution in [1.82, 2.24) is 4.98 Å². The number of nitrogens with zero attached hydrogens (tertiary/aromatic N) is 2. The largest absolute Gasteiger partial charge is 0.307 e. The molecule has 1 aromatic heterocycles. The molecular formula is C16H17N3O3S. The predicted molar refractivity (Wildman–Crippen MR) is 89.1 cm³/mol. The van der Waals surface area contributed by atoms with Crippen molar-refractivity contribution in [3.8, 4) is 0 Å². The van der Waals surface area contributed by atoms with Gasteiger partial charge in [-0.25, -0.2) is 13.4 Å². The van der Waals surface area contributed by atoms with E-state index in [0.717, 1.165) is 5.56 Å². The van der Waals surface area contributed by atoms with Gasteiger partial charge in [0.05, 0.1) is 11.4 Å². The Balaban J connectivity index is 1.82. The summed E-state index contributed by atoms with van der Waals surface area (Å²) in [5.41, 5.74) is 1.92. The van der Waals surface area contributed by atoms with Gasteiger partial charge in [0, 0.05) is 18.3 Å². The van der Waals surface area contributed by atoms with Crippen LogP contribution in [0.1, 0.15) is 22.3 Å². The Morgan fingerprint density at radius 3 is 2.74 bits per heavy atom. The summed E-state index contributed by atoms with van der Waals surface area (Å²) in [6.07, 6.45) is 2.27. The summed E-state index contributed by atoms with van der Waals surface area (Å²) in [4.78, 5) is 16.4. The van der Waals surface area contributed by atoms with Crippen molar-refractivity contribution in [2.75, 3.05) is 21.9 Å². The molecule has 0 radical (unpaired) electrons. The Labute approximate surface area is 135 Å². The van der Waals surface area contributed by atoms with Crippen molar-refractivity contribution in [3.63, 3.8) is 0 Å². The molecule has 1 aliphatic rings. The van der Waals surface area contributed by atoms with Crippen molar-refractivity contribution in [1.29, 1.82) is 0 Å². The third-order valence-corrected chi connectivity index (χ3v) is 5.52. The molecule has 0 atom stereocenters. The van der Waals surface area contributed by atoms with Gasteiger partial charge in [0.25, 0.3) is 5.91 Å². The van der Waals surface area contributed by atoms with Gasteiger partial charge in [-0.05, 0) is 43.2 Å². The van der Waals surface area contributed by atoms with Crippen LogP contribution in [0.4, 0.5) is 11.5 Å². The lowest BCUT2D eigenvalue weighted by Crippen LogP contribution is -2.25. The third kappa shape index (κ3) is 3.34. The number of amides is 1. The smallest absolute Gasteiger partial charge is 0.256 e. The molecule has 1 aliphatic heterocycles. The lowest BCUT2D eigenvalue weighted by molar-refractivity contribution is 0.102. The van der Waals surface area contributed by atoms with E-state index in [2.05, 4.69) is 10.3 Å². The maximum absolute atomic E-state index is 12.3. The Morgan fingerprint density at radius 2 is 2.09 bits per heavy atom. The van der Waals surface area contributed by atoms with Crippen LogP contribution in [-0.2, 0) is 10.0 Å². The zero-order valence-electron chi connectivity index (χ0n) is 12.7. The monoisotopic (exact) mass is 331 g/mol. The summed E-state index contributed by atoms with van der Waals surface area (Å²) in [7, 11) is -3.26. The molecule has 1 aromatic carbocycles. The number of pyridine rings is 1. The molecule has 1 amide bonds. The van der Waals surface area contributed by atoms with Gasteiger partial charge in [-0.15, -0.1) is 0 Å². The minimum absolute atomic E-state index is 0.150. The first-order valence-electron chi connectivity index (χ1n) is 7.30. The van der Waals surface area contributed by atoms with Crippen LogP contribution >= 0.6 is 0 Å². The molecule has 0 bridgehead atoms. The fourth-order valence-electron chi connectivity index (χ4n) is 2.46. The SMILES string of the molecule is Cc1ccc(NC(=O)c2cccc(N3CCCS3(=O)=O)c2)nc1. The van der Waals surface area contributed by atoms with E-state index in [9.17, 15) is 13.2 Å². The van der Waals surface area contributed by atoms with Crippen LogP contribution in [0.3, 0.4) is 0 Å². The van der Waals surface area contributed by atoms with E-state index in [1.807, 2.05) is 13.0 Å². The summed E-state index contributed by atoms with van der Waals surface area (Å²) in [6, 6.07) is 10.2.